The van der Waals surface area contributed by atoms with Crippen molar-refractivity contribution in [2.75, 3.05) is 38.6 Å². The van der Waals surface area contributed by atoms with Crippen molar-refractivity contribution < 1.29 is 18.3 Å². The van der Waals surface area contributed by atoms with Crippen LogP contribution in [0.1, 0.15) is 29.7 Å². The fourth-order valence-electron chi connectivity index (χ4n) is 5.67. The van der Waals surface area contributed by atoms with Gasteiger partial charge in [0.2, 0.25) is 5.95 Å². The van der Waals surface area contributed by atoms with Crippen LogP contribution in [-0.2, 0) is 16.1 Å². The molecule has 37 heavy (non-hydrogen) atoms. The Hall–Kier alpha value is -3.33. The highest BCUT2D eigenvalue weighted by Crippen LogP contribution is 2.40. The number of morpholine rings is 1. The number of fused-ring (bicyclic) bond motifs is 3. The fourth-order valence-corrected chi connectivity index (χ4v) is 5.67. The molecule has 1 aliphatic carbocycles. The highest BCUT2D eigenvalue weighted by molar-refractivity contribution is 5.89. The van der Waals surface area contributed by atoms with E-state index in [-0.39, 0.29) is 30.2 Å². The zero-order valence-corrected chi connectivity index (χ0v) is 20.7. The number of benzene rings is 2. The number of nitrogens with zero attached hydrogens (tertiary/aromatic N) is 3. The quantitative estimate of drug-likeness (QED) is 0.534. The van der Waals surface area contributed by atoms with Gasteiger partial charge in [0.15, 0.2) is 0 Å². The number of aromatic nitrogens is 2. The summed E-state index contributed by atoms with van der Waals surface area (Å²) in [4.78, 5) is 7.04. The standard InChI is InChI=1S/C29H30F2N4O2/c1-18(16-34-9-11-36-12-10-34)35-27-8-5-19(14-26(27)33-29(35)32)13-23-21-3-2-4-25(31)24(21)17-37-28-15-20(30)6-7-22(23)28/h2-8,13-15,18,22,28H,9-12,16-17H2,1H3,(H2,32,33)/b23-13+/t18-,22?,28?/m1/s1. The summed E-state index contributed by atoms with van der Waals surface area (Å²) >= 11 is 0. The molecule has 2 unspecified atom stereocenters. The van der Waals surface area contributed by atoms with E-state index in [0.717, 1.165) is 60.6 Å². The summed E-state index contributed by atoms with van der Waals surface area (Å²) in [5, 5.41) is 0. The second-order valence-electron chi connectivity index (χ2n) is 9.93. The number of nitrogen functional groups attached to an aromatic ring is 1. The first-order valence-electron chi connectivity index (χ1n) is 12.7. The highest BCUT2D eigenvalue weighted by Gasteiger charge is 2.31. The molecule has 1 saturated heterocycles. The Kier molecular flexibility index (Phi) is 6.40. The number of ether oxygens (including phenoxy) is 2. The Morgan fingerprint density at radius 1 is 1.19 bits per heavy atom. The van der Waals surface area contributed by atoms with Crippen molar-refractivity contribution in [3.8, 4) is 0 Å². The predicted molar refractivity (Wildman–Crippen MR) is 141 cm³/mol. The van der Waals surface area contributed by atoms with Crippen molar-refractivity contribution in [3.05, 3.63) is 83.0 Å². The van der Waals surface area contributed by atoms with Crippen LogP contribution in [0.15, 0.2) is 60.5 Å². The summed E-state index contributed by atoms with van der Waals surface area (Å²) in [6.45, 7) is 6.44. The number of hydrogen-bond donors (Lipinski definition) is 1. The van der Waals surface area contributed by atoms with Gasteiger partial charge >= 0.3 is 0 Å². The third-order valence-electron chi connectivity index (χ3n) is 7.48. The number of hydrogen-bond acceptors (Lipinski definition) is 5. The minimum absolute atomic E-state index is 0.0825. The van der Waals surface area contributed by atoms with Crippen LogP contribution < -0.4 is 5.73 Å². The third-order valence-corrected chi connectivity index (χ3v) is 7.48. The van der Waals surface area contributed by atoms with Crippen LogP contribution >= 0.6 is 0 Å². The second-order valence-corrected chi connectivity index (χ2v) is 9.93. The van der Waals surface area contributed by atoms with Gasteiger partial charge in [-0.15, -0.1) is 0 Å². The lowest BCUT2D eigenvalue weighted by Gasteiger charge is -2.30. The van der Waals surface area contributed by atoms with E-state index in [4.69, 9.17) is 15.2 Å². The van der Waals surface area contributed by atoms with Crippen LogP contribution in [0.5, 0.6) is 0 Å². The van der Waals surface area contributed by atoms with Gasteiger partial charge in [-0.25, -0.2) is 13.8 Å². The molecule has 0 radical (unpaired) electrons. The van der Waals surface area contributed by atoms with Gasteiger partial charge in [0, 0.05) is 37.2 Å². The number of imidazole rings is 1. The number of halogens is 2. The molecule has 1 fully saturated rings. The van der Waals surface area contributed by atoms with Crippen molar-refractivity contribution in [3.63, 3.8) is 0 Å². The van der Waals surface area contributed by atoms with Crippen molar-refractivity contribution in [1.29, 1.82) is 0 Å². The first-order valence-corrected chi connectivity index (χ1v) is 12.7. The van der Waals surface area contributed by atoms with Gasteiger partial charge in [0.25, 0.3) is 0 Å². The molecule has 2 N–H and O–H groups in total. The van der Waals surface area contributed by atoms with Gasteiger partial charge in [-0.3, -0.25) is 4.90 Å². The lowest BCUT2D eigenvalue weighted by molar-refractivity contribution is 0.0329. The summed E-state index contributed by atoms with van der Waals surface area (Å²) in [6.07, 6.45) is 6.22. The zero-order chi connectivity index (χ0) is 25.5. The molecule has 6 nitrogen and oxygen atoms in total. The van der Waals surface area contributed by atoms with Crippen LogP contribution in [0.3, 0.4) is 0 Å². The summed E-state index contributed by atoms with van der Waals surface area (Å²) in [6, 6.07) is 11.2. The van der Waals surface area contributed by atoms with Crippen molar-refractivity contribution in [1.82, 2.24) is 14.5 Å². The van der Waals surface area contributed by atoms with E-state index in [1.165, 1.54) is 18.2 Å². The maximum Gasteiger partial charge on any atom is 0.201 e. The third kappa shape index (κ3) is 4.61. The van der Waals surface area contributed by atoms with Crippen LogP contribution in [0, 0.1) is 11.7 Å². The number of rotatable bonds is 4. The van der Waals surface area contributed by atoms with Crippen molar-refractivity contribution >= 4 is 28.6 Å². The van der Waals surface area contributed by atoms with Crippen LogP contribution in [-0.4, -0.2) is 53.4 Å². The molecule has 0 spiro atoms. The van der Waals surface area contributed by atoms with E-state index >= 15 is 0 Å². The van der Waals surface area contributed by atoms with Gasteiger partial charge in [0.1, 0.15) is 11.6 Å². The maximum absolute atomic E-state index is 14.8. The smallest absolute Gasteiger partial charge is 0.201 e. The van der Waals surface area contributed by atoms with Crippen molar-refractivity contribution in [2.24, 2.45) is 5.92 Å². The van der Waals surface area contributed by atoms with Gasteiger partial charge < -0.3 is 19.8 Å². The molecule has 0 saturated carbocycles. The average molecular weight is 505 g/mol. The van der Waals surface area contributed by atoms with E-state index in [2.05, 4.69) is 21.4 Å². The van der Waals surface area contributed by atoms with Gasteiger partial charge in [-0.05, 0) is 54.0 Å². The predicted octanol–water partition coefficient (Wildman–Crippen LogP) is 5.13. The molecule has 0 amide bonds. The molecule has 6 rings (SSSR count). The Labute approximate surface area is 214 Å². The van der Waals surface area contributed by atoms with Crippen LogP contribution in [0.4, 0.5) is 14.7 Å². The lowest BCUT2D eigenvalue weighted by Crippen LogP contribution is -2.39. The van der Waals surface area contributed by atoms with Crippen LogP contribution in [0.2, 0.25) is 0 Å². The molecule has 8 heteroatoms. The minimum atomic E-state index is -0.511. The molecule has 1 aromatic heterocycles. The first-order chi connectivity index (χ1) is 18.0. The second kappa shape index (κ2) is 9.85. The number of allylic oxidation sites excluding steroid dienone is 2. The molecule has 192 valence electrons. The molecule has 2 aliphatic heterocycles. The van der Waals surface area contributed by atoms with Gasteiger partial charge in [-0.1, -0.05) is 30.4 Å². The number of anilines is 1. The molecular weight excluding hydrogens is 474 g/mol. The Morgan fingerprint density at radius 2 is 2.03 bits per heavy atom. The summed E-state index contributed by atoms with van der Waals surface area (Å²) in [5.41, 5.74) is 11.2. The monoisotopic (exact) mass is 504 g/mol. The molecular formula is C29H30F2N4O2. The minimum Gasteiger partial charge on any atom is -0.379 e. The van der Waals surface area contributed by atoms with Gasteiger partial charge in [0.05, 0.1) is 37.0 Å². The molecule has 3 aliphatic rings. The molecule has 0 bridgehead atoms. The SMILES string of the molecule is C[C@H](CN1CCOCC1)n1c(N)nc2cc(/C=C3\c4cccc(F)c4COC4C=C(F)C=CC34)ccc21. The number of nitrogens with two attached hydrogens (primary N) is 1. The van der Waals surface area contributed by atoms with E-state index < -0.39 is 6.10 Å². The summed E-state index contributed by atoms with van der Waals surface area (Å²) in [5.74, 6) is -0.437. The zero-order valence-electron chi connectivity index (χ0n) is 20.7. The highest BCUT2D eigenvalue weighted by atomic mass is 19.1. The van der Waals surface area contributed by atoms with Crippen molar-refractivity contribution in [2.45, 2.75) is 25.7 Å². The van der Waals surface area contributed by atoms with E-state index in [9.17, 15) is 8.78 Å². The maximum atomic E-state index is 14.8. The van der Waals surface area contributed by atoms with E-state index in [1.54, 1.807) is 12.1 Å². The fraction of sp³-hybridized carbons (Fsp3) is 0.345. The average Bonchev–Trinajstić information content (AvgIpc) is 3.13. The van der Waals surface area contributed by atoms with Crippen LogP contribution in [0.25, 0.3) is 22.7 Å². The molecule has 2 aromatic carbocycles. The summed E-state index contributed by atoms with van der Waals surface area (Å²) < 4.78 is 42.3. The topological polar surface area (TPSA) is 65.5 Å². The Morgan fingerprint density at radius 3 is 2.86 bits per heavy atom. The summed E-state index contributed by atoms with van der Waals surface area (Å²) in [7, 11) is 0. The normalized spacial score (nSPS) is 24.0. The van der Waals surface area contributed by atoms with Gasteiger partial charge in [-0.2, -0.15) is 0 Å². The van der Waals surface area contributed by atoms with E-state index in [0.29, 0.717) is 11.5 Å². The molecule has 3 atom stereocenters. The molecule has 3 aromatic rings. The Balaban J connectivity index is 1.38. The largest absolute Gasteiger partial charge is 0.379 e. The molecule has 3 heterocycles. The first kappa shape index (κ1) is 24.0. The Bertz CT molecular complexity index is 1420. The van der Waals surface area contributed by atoms with E-state index in [1.807, 2.05) is 30.3 Å². The lowest BCUT2D eigenvalue weighted by atomic mass is 9.83.